The molecule has 31 heavy (non-hydrogen) atoms. The molecule has 0 bridgehead atoms. The molecule has 1 fully saturated rings. The number of aromatic nitrogens is 2. The highest BCUT2D eigenvalue weighted by atomic mass is 127. The van der Waals surface area contributed by atoms with Crippen molar-refractivity contribution in [1.29, 1.82) is 0 Å². The van der Waals surface area contributed by atoms with E-state index in [4.69, 9.17) is 16.3 Å². The molecule has 0 aromatic carbocycles. The summed E-state index contributed by atoms with van der Waals surface area (Å²) in [4.78, 5) is 14.3. The zero-order valence-electron chi connectivity index (χ0n) is 16.9. The molecule has 1 atom stereocenters. The molecule has 1 aliphatic rings. The van der Waals surface area contributed by atoms with Crippen LogP contribution in [0.5, 0.6) is 5.88 Å². The Kier molecular flexibility index (Phi) is 8.98. The van der Waals surface area contributed by atoms with Gasteiger partial charge >= 0.3 is 6.18 Å². The summed E-state index contributed by atoms with van der Waals surface area (Å²) in [5.41, 5.74) is -0.0630. The van der Waals surface area contributed by atoms with Gasteiger partial charge in [0.25, 0.3) is 0 Å². The number of pyridine rings is 2. The van der Waals surface area contributed by atoms with Crippen LogP contribution in [0.3, 0.4) is 0 Å². The van der Waals surface area contributed by atoms with Crippen LogP contribution in [0, 0.1) is 0 Å². The zero-order valence-corrected chi connectivity index (χ0v) is 20.0. The van der Waals surface area contributed by atoms with Crippen LogP contribution in [0.1, 0.15) is 17.7 Å². The summed E-state index contributed by atoms with van der Waals surface area (Å²) in [6.07, 6.45) is -2.90. The van der Waals surface area contributed by atoms with Crippen LogP contribution in [0.2, 0.25) is 5.02 Å². The van der Waals surface area contributed by atoms with Crippen LogP contribution in [0.15, 0.2) is 35.5 Å². The van der Waals surface area contributed by atoms with Crippen molar-refractivity contribution < 1.29 is 17.9 Å². The van der Waals surface area contributed by atoms with Crippen molar-refractivity contribution in [3.8, 4) is 5.88 Å². The predicted molar refractivity (Wildman–Crippen MR) is 124 cm³/mol. The lowest BCUT2D eigenvalue weighted by Crippen LogP contribution is -2.44. The van der Waals surface area contributed by atoms with Gasteiger partial charge < -0.3 is 20.3 Å². The Morgan fingerprint density at radius 1 is 1.39 bits per heavy atom. The van der Waals surface area contributed by atoms with Crippen LogP contribution < -0.4 is 20.3 Å². The minimum atomic E-state index is -4.47. The van der Waals surface area contributed by atoms with E-state index in [1.807, 2.05) is 17.0 Å². The van der Waals surface area contributed by atoms with E-state index in [0.717, 1.165) is 24.4 Å². The fraction of sp³-hybridized carbons (Fsp3) is 0.421. The molecule has 2 N–H and O–H groups in total. The van der Waals surface area contributed by atoms with Gasteiger partial charge in [0.2, 0.25) is 5.88 Å². The van der Waals surface area contributed by atoms with E-state index in [1.54, 1.807) is 20.2 Å². The van der Waals surface area contributed by atoms with Crippen molar-refractivity contribution >= 4 is 47.4 Å². The molecule has 1 aliphatic heterocycles. The highest BCUT2D eigenvalue weighted by molar-refractivity contribution is 14.0. The van der Waals surface area contributed by atoms with Crippen LogP contribution in [0.4, 0.5) is 19.0 Å². The minimum Gasteiger partial charge on any atom is -0.481 e. The fourth-order valence-electron chi connectivity index (χ4n) is 3.12. The first-order chi connectivity index (χ1) is 14.3. The summed E-state index contributed by atoms with van der Waals surface area (Å²) in [5, 5.41) is 6.48. The summed E-state index contributed by atoms with van der Waals surface area (Å²) in [6.45, 7) is 1.61. The maximum atomic E-state index is 12.8. The van der Waals surface area contributed by atoms with Gasteiger partial charge in [0, 0.05) is 38.4 Å². The lowest BCUT2D eigenvalue weighted by atomic mass is 10.2. The maximum absolute atomic E-state index is 12.8. The third-order valence-corrected chi connectivity index (χ3v) is 4.91. The predicted octanol–water partition coefficient (Wildman–Crippen LogP) is 3.72. The molecule has 0 radical (unpaired) electrons. The van der Waals surface area contributed by atoms with E-state index in [0.29, 0.717) is 37.3 Å². The summed E-state index contributed by atoms with van der Waals surface area (Å²) in [6, 6.07) is 6.44. The second-order valence-corrected chi connectivity index (χ2v) is 7.11. The molecule has 0 amide bonds. The van der Waals surface area contributed by atoms with E-state index in [9.17, 15) is 13.2 Å². The third kappa shape index (κ3) is 6.73. The smallest absolute Gasteiger partial charge is 0.417 e. The molecular formula is C19H23ClF3IN6O. The molecule has 1 unspecified atom stereocenters. The second-order valence-electron chi connectivity index (χ2n) is 6.70. The van der Waals surface area contributed by atoms with E-state index < -0.39 is 11.7 Å². The number of nitrogens with one attached hydrogen (secondary N) is 2. The number of nitrogens with zero attached hydrogens (tertiary/aromatic N) is 4. The number of hydrogen-bond acceptors (Lipinski definition) is 5. The number of anilines is 1. The molecule has 3 heterocycles. The highest BCUT2D eigenvalue weighted by Gasteiger charge is 2.33. The molecule has 2 aromatic rings. The molecular weight excluding hydrogens is 548 g/mol. The average Bonchev–Trinajstić information content (AvgIpc) is 3.18. The van der Waals surface area contributed by atoms with Gasteiger partial charge in [-0.25, -0.2) is 9.97 Å². The summed E-state index contributed by atoms with van der Waals surface area (Å²) in [5.74, 6) is 1.47. The third-order valence-electron chi connectivity index (χ3n) is 4.63. The van der Waals surface area contributed by atoms with Gasteiger partial charge in [0.1, 0.15) is 5.82 Å². The van der Waals surface area contributed by atoms with Crippen molar-refractivity contribution in [1.82, 2.24) is 20.6 Å². The molecule has 0 spiro atoms. The van der Waals surface area contributed by atoms with Gasteiger partial charge in [0.15, 0.2) is 5.96 Å². The lowest BCUT2D eigenvalue weighted by molar-refractivity contribution is -0.137. The Bertz CT molecular complexity index is 914. The van der Waals surface area contributed by atoms with Crippen molar-refractivity contribution in [3.63, 3.8) is 0 Å². The first-order valence-corrected chi connectivity index (χ1v) is 9.62. The summed E-state index contributed by atoms with van der Waals surface area (Å²) >= 11 is 6.06. The number of guanidine groups is 1. The Balaban J connectivity index is 0.00000341. The standard InChI is InChI=1S/C19H22ClF3N6O.HI/c1-24-18(26-10-13-4-3-5-16(27-13)30-2)28-14-6-7-29(11-14)17-15(20)8-12(9-25-17)19(21,22)23;/h3-5,8-9,14H,6-7,10-11H2,1-2H3,(H2,24,26,28);1H. The molecule has 0 aliphatic carbocycles. The molecule has 1 saturated heterocycles. The molecule has 2 aromatic heterocycles. The first kappa shape index (κ1) is 25.2. The highest BCUT2D eigenvalue weighted by Crippen LogP contribution is 2.34. The summed E-state index contributed by atoms with van der Waals surface area (Å²) < 4.78 is 43.5. The Hall–Kier alpha value is -2.02. The molecule has 3 rings (SSSR count). The summed E-state index contributed by atoms with van der Waals surface area (Å²) in [7, 11) is 3.22. The topological polar surface area (TPSA) is 74.7 Å². The monoisotopic (exact) mass is 570 g/mol. The van der Waals surface area contributed by atoms with Crippen LogP contribution >= 0.6 is 35.6 Å². The number of halogens is 5. The fourth-order valence-corrected chi connectivity index (χ4v) is 3.41. The van der Waals surface area contributed by atoms with Gasteiger partial charge in [0.05, 0.1) is 29.9 Å². The van der Waals surface area contributed by atoms with Crippen LogP contribution in [-0.2, 0) is 12.7 Å². The number of ether oxygens (including phenoxy) is 1. The minimum absolute atomic E-state index is 0. The first-order valence-electron chi connectivity index (χ1n) is 9.25. The second kappa shape index (κ2) is 11.0. The van der Waals surface area contributed by atoms with Crippen molar-refractivity contribution in [3.05, 3.63) is 46.7 Å². The number of rotatable bonds is 5. The van der Waals surface area contributed by atoms with E-state index >= 15 is 0 Å². The number of hydrogen-bond donors (Lipinski definition) is 2. The van der Waals surface area contributed by atoms with Crippen molar-refractivity contribution in [2.45, 2.75) is 25.2 Å². The van der Waals surface area contributed by atoms with E-state index in [-0.39, 0.29) is 35.0 Å². The van der Waals surface area contributed by atoms with Crippen LogP contribution in [-0.4, -0.2) is 49.2 Å². The van der Waals surface area contributed by atoms with Gasteiger partial charge in [-0.15, -0.1) is 24.0 Å². The largest absolute Gasteiger partial charge is 0.481 e. The van der Waals surface area contributed by atoms with E-state index in [1.165, 1.54) is 0 Å². The quantitative estimate of drug-likeness (QED) is 0.324. The van der Waals surface area contributed by atoms with E-state index in [2.05, 4.69) is 25.6 Å². The Morgan fingerprint density at radius 2 is 2.16 bits per heavy atom. The SMILES string of the molecule is CN=C(NCc1cccc(OC)n1)NC1CCN(c2ncc(C(F)(F)F)cc2Cl)C1.I. The Labute approximate surface area is 200 Å². The van der Waals surface area contributed by atoms with Gasteiger partial charge in [-0.3, -0.25) is 4.99 Å². The van der Waals surface area contributed by atoms with Crippen LogP contribution in [0.25, 0.3) is 0 Å². The number of alkyl halides is 3. The van der Waals surface area contributed by atoms with Crippen molar-refractivity contribution in [2.24, 2.45) is 4.99 Å². The zero-order chi connectivity index (χ0) is 21.7. The Morgan fingerprint density at radius 3 is 2.81 bits per heavy atom. The van der Waals surface area contributed by atoms with Gasteiger partial charge in [-0.05, 0) is 18.6 Å². The average molecular weight is 571 g/mol. The molecule has 12 heteroatoms. The molecule has 0 saturated carbocycles. The molecule has 170 valence electrons. The normalized spacial score (nSPS) is 16.6. The number of methoxy groups -OCH3 is 1. The van der Waals surface area contributed by atoms with Crippen molar-refractivity contribution in [2.75, 3.05) is 32.1 Å². The van der Waals surface area contributed by atoms with Gasteiger partial charge in [-0.1, -0.05) is 17.7 Å². The number of aliphatic imine (C=N–C) groups is 1. The maximum Gasteiger partial charge on any atom is 0.417 e. The molecule has 7 nitrogen and oxygen atoms in total. The van der Waals surface area contributed by atoms with Gasteiger partial charge in [-0.2, -0.15) is 13.2 Å². The lowest BCUT2D eigenvalue weighted by Gasteiger charge is -2.21.